The molecule has 0 saturated carbocycles. The van der Waals surface area contributed by atoms with E-state index in [2.05, 4.69) is 10.2 Å². The molecular formula is C14H15F3N4. The summed E-state index contributed by atoms with van der Waals surface area (Å²) in [5.41, 5.74) is 5.57. The fraction of sp³-hybridized carbons (Fsp3) is 0.286. The lowest BCUT2D eigenvalue weighted by Crippen LogP contribution is -2.30. The van der Waals surface area contributed by atoms with Crippen molar-refractivity contribution in [2.45, 2.75) is 12.7 Å². The van der Waals surface area contributed by atoms with Crippen LogP contribution in [0.5, 0.6) is 0 Å². The zero-order valence-corrected chi connectivity index (χ0v) is 11.2. The Bertz CT molecular complexity index is 555. The van der Waals surface area contributed by atoms with Crippen molar-refractivity contribution in [2.24, 2.45) is 5.73 Å². The fourth-order valence-electron chi connectivity index (χ4n) is 1.88. The molecule has 0 atom stereocenters. The lowest BCUT2D eigenvalue weighted by atomic mass is 10.2. The Morgan fingerprint density at radius 3 is 2.24 bits per heavy atom. The predicted octanol–water partition coefficient (Wildman–Crippen LogP) is 2.46. The molecule has 0 amide bonds. The van der Waals surface area contributed by atoms with Crippen molar-refractivity contribution < 1.29 is 13.2 Å². The third-order valence-corrected chi connectivity index (χ3v) is 2.88. The van der Waals surface area contributed by atoms with Crippen molar-refractivity contribution in [3.05, 3.63) is 53.7 Å². The van der Waals surface area contributed by atoms with E-state index in [9.17, 15) is 13.2 Å². The maximum absolute atomic E-state index is 12.5. The average molecular weight is 296 g/mol. The van der Waals surface area contributed by atoms with Crippen molar-refractivity contribution in [1.29, 1.82) is 0 Å². The van der Waals surface area contributed by atoms with Crippen LogP contribution in [0.2, 0.25) is 0 Å². The van der Waals surface area contributed by atoms with Gasteiger partial charge in [-0.3, -0.25) is 0 Å². The lowest BCUT2D eigenvalue weighted by molar-refractivity contribution is -0.141. The molecule has 7 heteroatoms. The van der Waals surface area contributed by atoms with E-state index in [4.69, 9.17) is 5.73 Å². The SMILES string of the molecule is NCCN(Cc1ccccc1)c1ccc(C(F)(F)F)nn1. The Balaban J connectivity index is 2.18. The van der Waals surface area contributed by atoms with Crippen LogP contribution in [0, 0.1) is 0 Å². The monoisotopic (exact) mass is 296 g/mol. The van der Waals surface area contributed by atoms with Crippen molar-refractivity contribution in [2.75, 3.05) is 18.0 Å². The van der Waals surface area contributed by atoms with Crippen molar-refractivity contribution >= 4 is 5.82 Å². The summed E-state index contributed by atoms with van der Waals surface area (Å²) in [6.45, 7) is 1.36. The Hall–Kier alpha value is -2.15. The van der Waals surface area contributed by atoms with Gasteiger partial charge in [0, 0.05) is 19.6 Å². The molecule has 0 fully saturated rings. The minimum absolute atomic E-state index is 0.371. The Morgan fingerprint density at radius 2 is 1.71 bits per heavy atom. The maximum Gasteiger partial charge on any atom is 0.435 e. The molecule has 0 bridgehead atoms. The minimum Gasteiger partial charge on any atom is -0.350 e. The third-order valence-electron chi connectivity index (χ3n) is 2.88. The van der Waals surface area contributed by atoms with E-state index in [1.807, 2.05) is 30.3 Å². The van der Waals surface area contributed by atoms with Crippen molar-refractivity contribution in [1.82, 2.24) is 10.2 Å². The molecule has 0 aliphatic rings. The zero-order valence-electron chi connectivity index (χ0n) is 11.2. The van der Waals surface area contributed by atoms with Gasteiger partial charge < -0.3 is 10.6 Å². The van der Waals surface area contributed by atoms with Crippen LogP contribution < -0.4 is 10.6 Å². The van der Waals surface area contributed by atoms with Crippen molar-refractivity contribution in [3.8, 4) is 0 Å². The minimum atomic E-state index is -4.48. The van der Waals surface area contributed by atoms with E-state index in [0.717, 1.165) is 11.6 Å². The molecule has 0 aliphatic heterocycles. The van der Waals surface area contributed by atoms with Gasteiger partial charge in [0.05, 0.1) is 0 Å². The lowest BCUT2D eigenvalue weighted by Gasteiger charge is -2.22. The largest absolute Gasteiger partial charge is 0.435 e. The Morgan fingerprint density at radius 1 is 1.00 bits per heavy atom. The summed E-state index contributed by atoms with van der Waals surface area (Å²) >= 11 is 0. The van der Waals surface area contributed by atoms with Crippen LogP contribution in [0.1, 0.15) is 11.3 Å². The predicted molar refractivity (Wildman–Crippen MR) is 73.6 cm³/mol. The van der Waals surface area contributed by atoms with Gasteiger partial charge in [-0.25, -0.2) is 0 Å². The summed E-state index contributed by atoms with van der Waals surface area (Å²) in [7, 11) is 0. The summed E-state index contributed by atoms with van der Waals surface area (Å²) < 4.78 is 37.4. The molecule has 112 valence electrons. The molecule has 2 aromatic rings. The normalized spacial score (nSPS) is 11.4. The van der Waals surface area contributed by atoms with Crippen molar-refractivity contribution in [3.63, 3.8) is 0 Å². The summed E-state index contributed by atoms with van der Waals surface area (Å²) in [5, 5.41) is 6.90. The second kappa shape index (κ2) is 6.53. The standard InChI is InChI=1S/C14H15F3N4/c15-14(16,17)12-6-7-13(20-19-12)21(9-8-18)10-11-4-2-1-3-5-11/h1-7H,8-10,18H2. The zero-order chi connectivity index (χ0) is 15.3. The molecule has 2 rings (SSSR count). The van der Waals surface area contributed by atoms with Crippen LogP contribution >= 0.6 is 0 Å². The molecule has 0 radical (unpaired) electrons. The fourth-order valence-corrected chi connectivity index (χ4v) is 1.88. The van der Waals surface area contributed by atoms with E-state index in [0.29, 0.717) is 25.5 Å². The van der Waals surface area contributed by atoms with Gasteiger partial charge in [-0.05, 0) is 17.7 Å². The second-order valence-corrected chi connectivity index (χ2v) is 4.47. The first kappa shape index (κ1) is 15.2. The van der Waals surface area contributed by atoms with Gasteiger partial charge >= 0.3 is 6.18 Å². The van der Waals surface area contributed by atoms with Crippen LogP contribution in [0.4, 0.5) is 19.0 Å². The molecule has 0 aliphatic carbocycles. The molecule has 1 aromatic heterocycles. The maximum atomic E-state index is 12.5. The highest BCUT2D eigenvalue weighted by Gasteiger charge is 2.33. The van der Waals surface area contributed by atoms with Gasteiger partial charge in [-0.2, -0.15) is 13.2 Å². The van der Waals surface area contributed by atoms with Crippen LogP contribution in [-0.4, -0.2) is 23.3 Å². The van der Waals surface area contributed by atoms with Gasteiger partial charge in [-0.1, -0.05) is 30.3 Å². The van der Waals surface area contributed by atoms with E-state index >= 15 is 0 Å². The number of nitrogens with zero attached hydrogens (tertiary/aromatic N) is 3. The second-order valence-electron chi connectivity index (χ2n) is 4.47. The number of rotatable bonds is 5. The first-order chi connectivity index (χ1) is 10.0. The number of benzene rings is 1. The van der Waals surface area contributed by atoms with Crippen LogP contribution in [0.25, 0.3) is 0 Å². The van der Waals surface area contributed by atoms with Gasteiger partial charge in [0.1, 0.15) is 0 Å². The van der Waals surface area contributed by atoms with E-state index < -0.39 is 11.9 Å². The molecule has 0 unspecified atom stereocenters. The Labute approximate surface area is 120 Å². The highest BCUT2D eigenvalue weighted by molar-refractivity contribution is 5.39. The van der Waals surface area contributed by atoms with E-state index in [1.165, 1.54) is 6.07 Å². The molecule has 0 saturated heterocycles. The van der Waals surface area contributed by atoms with Gasteiger partial charge in [0.25, 0.3) is 0 Å². The first-order valence-corrected chi connectivity index (χ1v) is 6.40. The molecule has 4 nitrogen and oxygen atoms in total. The van der Waals surface area contributed by atoms with Crippen LogP contribution in [0.15, 0.2) is 42.5 Å². The number of hydrogen-bond acceptors (Lipinski definition) is 4. The van der Waals surface area contributed by atoms with E-state index in [-0.39, 0.29) is 0 Å². The average Bonchev–Trinajstić information content (AvgIpc) is 2.47. The van der Waals surface area contributed by atoms with Crippen LogP contribution in [-0.2, 0) is 12.7 Å². The number of nitrogens with two attached hydrogens (primary N) is 1. The third kappa shape index (κ3) is 4.16. The molecule has 1 heterocycles. The summed E-state index contributed by atoms with van der Waals surface area (Å²) in [4.78, 5) is 1.79. The number of anilines is 1. The topological polar surface area (TPSA) is 55.0 Å². The smallest absolute Gasteiger partial charge is 0.350 e. The summed E-state index contributed by atoms with van der Waals surface area (Å²) in [6, 6.07) is 11.8. The quantitative estimate of drug-likeness (QED) is 0.921. The van der Waals surface area contributed by atoms with Gasteiger partial charge in [-0.15, -0.1) is 10.2 Å². The number of aromatic nitrogens is 2. The molecule has 1 aromatic carbocycles. The summed E-state index contributed by atoms with van der Waals surface area (Å²) in [5.74, 6) is 0.373. The molecular weight excluding hydrogens is 281 g/mol. The Kier molecular flexibility index (Phi) is 4.74. The highest BCUT2D eigenvalue weighted by Crippen LogP contribution is 2.27. The summed E-state index contributed by atoms with van der Waals surface area (Å²) in [6.07, 6.45) is -4.48. The number of halogens is 3. The number of alkyl halides is 3. The van der Waals surface area contributed by atoms with Crippen LogP contribution in [0.3, 0.4) is 0 Å². The highest BCUT2D eigenvalue weighted by atomic mass is 19.4. The first-order valence-electron chi connectivity index (χ1n) is 6.40. The number of hydrogen-bond donors (Lipinski definition) is 1. The van der Waals surface area contributed by atoms with E-state index in [1.54, 1.807) is 4.90 Å². The molecule has 2 N–H and O–H groups in total. The molecule has 0 spiro atoms. The molecule has 21 heavy (non-hydrogen) atoms. The van der Waals surface area contributed by atoms with Gasteiger partial charge in [0.15, 0.2) is 11.5 Å². The van der Waals surface area contributed by atoms with Gasteiger partial charge in [0.2, 0.25) is 0 Å².